The molecule has 118 valence electrons. The second kappa shape index (κ2) is 7.41. The van der Waals surface area contributed by atoms with Crippen molar-refractivity contribution >= 4 is 0 Å². The maximum absolute atomic E-state index is 10.5. The second-order valence-electron chi connectivity index (χ2n) is 6.24. The van der Waals surface area contributed by atoms with E-state index in [9.17, 15) is 10.4 Å². The van der Waals surface area contributed by atoms with Crippen molar-refractivity contribution in [2.24, 2.45) is 5.92 Å². The lowest BCUT2D eigenvalue weighted by atomic mass is 9.87. The first-order valence-corrected chi connectivity index (χ1v) is 8.21. The van der Waals surface area contributed by atoms with E-state index in [1.807, 2.05) is 54.6 Å². The van der Waals surface area contributed by atoms with E-state index in [0.717, 1.165) is 49.2 Å². The highest BCUT2D eigenvalue weighted by molar-refractivity contribution is 5.37. The van der Waals surface area contributed by atoms with Gasteiger partial charge < -0.3 is 5.11 Å². The quantitative estimate of drug-likeness (QED) is 0.940. The molecule has 0 unspecified atom stereocenters. The normalized spacial score (nSPS) is 17.6. The smallest absolute Gasteiger partial charge is 0.0995 e. The zero-order chi connectivity index (χ0) is 16.1. The Morgan fingerprint density at radius 2 is 1.70 bits per heavy atom. The van der Waals surface area contributed by atoms with E-state index in [2.05, 4.69) is 11.0 Å². The third-order valence-electron chi connectivity index (χ3n) is 4.75. The number of nitriles is 1. The van der Waals surface area contributed by atoms with Crippen molar-refractivity contribution in [3.8, 4) is 6.07 Å². The standard InChI is InChI=1S/C20H22N2O/c21-14-18-8-4-5-9-19(18)15-22-12-10-17(11-13-22)20(23)16-6-2-1-3-7-16/h1-9,17,20,23H,10-13,15H2/t20-/m1/s1. The number of nitrogens with zero attached hydrogens (tertiary/aromatic N) is 2. The van der Waals surface area contributed by atoms with Gasteiger partial charge in [-0.05, 0) is 49.0 Å². The van der Waals surface area contributed by atoms with Crippen molar-refractivity contribution in [1.29, 1.82) is 5.26 Å². The molecule has 1 aliphatic rings. The van der Waals surface area contributed by atoms with Gasteiger partial charge in [0.05, 0.1) is 17.7 Å². The molecule has 1 fully saturated rings. The van der Waals surface area contributed by atoms with Gasteiger partial charge in [-0.2, -0.15) is 5.26 Å². The first-order valence-electron chi connectivity index (χ1n) is 8.21. The Morgan fingerprint density at radius 1 is 1.04 bits per heavy atom. The average molecular weight is 306 g/mol. The van der Waals surface area contributed by atoms with Gasteiger partial charge in [-0.3, -0.25) is 4.90 Å². The fraction of sp³-hybridized carbons (Fsp3) is 0.350. The second-order valence-corrected chi connectivity index (χ2v) is 6.24. The van der Waals surface area contributed by atoms with Gasteiger partial charge in [0.25, 0.3) is 0 Å². The Balaban J connectivity index is 1.58. The Morgan fingerprint density at radius 3 is 2.39 bits per heavy atom. The van der Waals surface area contributed by atoms with E-state index in [0.29, 0.717) is 5.92 Å². The lowest BCUT2D eigenvalue weighted by molar-refractivity contribution is 0.0567. The Labute approximate surface area is 137 Å². The maximum atomic E-state index is 10.5. The molecule has 0 amide bonds. The number of hydrogen-bond acceptors (Lipinski definition) is 3. The molecule has 1 N–H and O–H groups in total. The first kappa shape index (κ1) is 15.7. The lowest BCUT2D eigenvalue weighted by Crippen LogP contribution is -2.35. The van der Waals surface area contributed by atoms with E-state index in [1.54, 1.807) is 0 Å². The molecule has 1 aliphatic heterocycles. The Hall–Kier alpha value is -2.15. The molecule has 23 heavy (non-hydrogen) atoms. The predicted octanol–water partition coefficient (Wildman–Crippen LogP) is 3.50. The van der Waals surface area contributed by atoms with Gasteiger partial charge in [-0.15, -0.1) is 0 Å². The fourth-order valence-electron chi connectivity index (χ4n) is 3.36. The molecule has 2 aromatic rings. The van der Waals surface area contributed by atoms with Crippen molar-refractivity contribution in [3.05, 3.63) is 71.3 Å². The van der Waals surface area contributed by atoms with Crippen LogP contribution in [0.1, 0.15) is 35.6 Å². The molecule has 3 rings (SSSR count). The molecule has 3 heteroatoms. The third-order valence-corrected chi connectivity index (χ3v) is 4.75. The van der Waals surface area contributed by atoms with Gasteiger partial charge in [0.1, 0.15) is 0 Å². The molecule has 3 nitrogen and oxygen atoms in total. The number of piperidine rings is 1. The van der Waals surface area contributed by atoms with Gasteiger partial charge in [0, 0.05) is 6.54 Å². The molecule has 1 saturated heterocycles. The summed E-state index contributed by atoms with van der Waals surface area (Å²) in [5, 5.41) is 19.7. The summed E-state index contributed by atoms with van der Waals surface area (Å²) in [7, 11) is 0. The van der Waals surface area contributed by atoms with Crippen LogP contribution in [0.25, 0.3) is 0 Å². The van der Waals surface area contributed by atoms with Gasteiger partial charge in [-0.25, -0.2) is 0 Å². The molecule has 0 saturated carbocycles. The highest BCUT2D eigenvalue weighted by Gasteiger charge is 2.26. The molecule has 1 atom stereocenters. The van der Waals surface area contributed by atoms with Crippen LogP contribution in [0.4, 0.5) is 0 Å². The summed E-state index contributed by atoms with van der Waals surface area (Å²) in [6.07, 6.45) is 1.61. The van der Waals surface area contributed by atoms with Crippen LogP contribution in [-0.4, -0.2) is 23.1 Å². The van der Waals surface area contributed by atoms with Crippen molar-refractivity contribution in [2.45, 2.75) is 25.5 Å². The van der Waals surface area contributed by atoms with E-state index in [1.165, 1.54) is 0 Å². The number of aliphatic hydroxyl groups is 1. The molecular formula is C20H22N2O. The fourth-order valence-corrected chi connectivity index (χ4v) is 3.36. The minimum Gasteiger partial charge on any atom is -0.388 e. The number of benzene rings is 2. The van der Waals surface area contributed by atoms with E-state index >= 15 is 0 Å². The zero-order valence-corrected chi connectivity index (χ0v) is 13.2. The van der Waals surface area contributed by atoms with Crippen LogP contribution in [0, 0.1) is 17.2 Å². The van der Waals surface area contributed by atoms with Crippen molar-refractivity contribution in [1.82, 2.24) is 4.90 Å². The zero-order valence-electron chi connectivity index (χ0n) is 13.2. The molecule has 0 spiro atoms. The lowest BCUT2D eigenvalue weighted by Gasteiger charge is -2.34. The van der Waals surface area contributed by atoms with Gasteiger partial charge >= 0.3 is 0 Å². The maximum Gasteiger partial charge on any atom is 0.0995 e. The monoisotopic (exact) mass is 306 g/mol. The van der Waals surface area contributed by atoms with Crippen LogP contribution in [-0.2, 0) is 6.54 Å². The molecular weight excluding hydrogens is 284 g/mol. The van der Waals surface area contributed by atoms with Crippen LogP contribution in [0.15, 0.2) is 54.6 Å². The van der Waals surface area contributed by atoms with Crippen LogP contribution >= 0.6 is 0 Å². The van der Waals surface area contributed by atoms with Gasteiger partial charge in [-0.1, -0.05) is 48.5 Å². The highest BCUT2D eigenvalue weighted by atomic mass is 16.3. The van der Waals surface area contributed by atoms with E-state index < -0.39 is 0 Å². The number of rotatable bonds is 4. The van der Waals surface area contributed by atoms with Crippen LogP contribution in [0.2, 0.25) is 0 Å². The number of likely N-dealkylation sites (tertiary alicyclic amines) is 1. The highest BCUT2D eigenvalue weighted by Crippen LogP contribution is 2.31. The van der Waals surface area contributed by atoms with Crippen LogP contribution < -0.4 is 0 Å². The SMILES string of the molecule is N#Cc1ccccc1CN1CCC([C@H](O)c2ccccc2)CC1. The molecule has 0 radical (unpaired) electrons. The van der Waals surface area contributed by atoms with Crippen LogP contribution in [0.3, 0.4) is 0 Å². The molecule has 0 aromatic heterocycles. The predicted molar refractivity (Wildman–Crippen MR) is 90.6 cm³/mol. The summed E-state index contributed by atoms with van der Waals surface area (Å²) in [4.78, 5) is 2.38. The summed E-state index contributed by atoms with van der Waals surface area (Å²) < 4.78 is 0. The van der Waals surface area contributed by atoms with Crippen molar-refractivity contribution < 1.29 is 5.11 Å². The first-order chi connectivity index (χ1) is 11.3. The minimum atomic E-state index is -0.371. The Bertz CT molecular complexity index is 670. The summed E-state index contributed by atoms with van der Waals surface area (Å²) in [6, 6.07) is 20.0. The molecule has 0 bridgehead atoms. The number of aliphatic hydroxyl groups excluding tert-OH is 1. The minimum absolute atomic E-state index is 0.319. The Kier molecular flexibility index (Phi) is 5.07. The van der Waals surface area contributed by atoms with Gasteiger partial charge in [0.2, 0.25) is 0 Å². The topological polar surface area (TPSA) is 47.3 Å². The summed E-state index contributed by atoms with van der Waals surface area (Å²) >= 11 is 0. The van der Waals surface area contributed by atoms with E-state index in [4.69, 9.17) is 0 Å². The van der Waals surface area contributed by atoms with Gasteiger partial charge in [0.15, 0.2) is 0 Å². The largest absolute Gasteiger partial charge is 0.388 e. The van der Waals surface area contributed by atoms with E-state index in [-0.39, 0.29) is 6.10 Å². The van der Waals surface area contributed by atoms with Crippen molar-refractivity contribution in [3.63, 3.8) is 0 Å². The third kappa shape index (κ3) is 3.79. The van der Waals surface area contributed by atoms with Crippen LogP contribution in [0.5, 0.6) is 0 Å². The summed E-state index contributed by atoms with van der Waals surface area (Å²) in [5.74, 6) is 0.319. The van der Waals surface area contributed by atoms with Crippen molar-refractivity contribution in [2.75, 3.05) is 13.1 Å². The summed E-state index contributed by atoms with van der Waals surface area (Å²) in [6.45, 7) is 2.75. The number of hydrogen-bond donors (Lipinski definition) is 1. The average Bonchev–Trinajstić information content (AvgIpc) is 2.63. The summed E-state index contributed by atoms with van der Waals surface area (Å²) in [5.41, 5.74) is 2.87. The molecule has 0 aliphatic carbocycles. The molecule has 2 aromatic carbocycles. The molecule has 1 heterocycles.